The highest BCUT2D eigenvalue weighted by atomic mass is 16.7. The molecule has 152 valence electrons. The van der Waals surface area contributed by atoms with Crippen LogP contribution in [0.2, 0.25) is 0 Å². The molecule has 0 aliphatic rings. The van der Waals surface area contributed by atoms with Crippen LogP contribution in [-0.4, -0.2) is 6.16 Å². The second-order valence-electron chi connectivity index (χ2n) is 9.70. The molecule has 2 rings (SSSR count). The molecule has 0 aromatic heterocycles. The second kappa shape index (κ2) is 7.86. The van der Waals surface area contributed by atoms with Crippen LogP contribution in [0.4, 0.5) is 10.5 Å². The van der Waals surface area contributed by atoms with Gasteiger partial charge in [0.1, 0.15) is 5.60 Å². The maximum absolute atomic E-state index is 12.3. The van der Waals surface area contributed by atoms with Crippen LogP contribution in [0.25, 0.3) is 0 Å². The first-order valence-electron chi connectivity index (χ1n) is 9.67. The summed E-state index contributed by atoms with van der Waals surface area (Å²) in [7, 11) is 0. The lowest BCUT2D eigenvalue weighted by Crippen LogP contribution is -2.27. The Hall–Kier alpha value is -2.49. The SMILES string of the molecule is CC(C)(C)CC(C)(C)c1ccc(OC(=O)OC(C)(C)c2ccccc2)c(N)c1. The van der Waals surface area contributed by atoms with Crippen molar-refractivity contribution in [2.24, 2.45) is 5.41 Å². The van der Waals surface area contributed by atoms with E-state index < -0.39 is 11.8 Å². The number of rotatable bonds is 5. The molecule has 0 saturated carbocycles. The minimum Gasteiger partial charge on any atom is -0.423 e. The number of nitrogens with two attached hydrogens (primary N) is 1. The Labute approximate surface area is 169 Å². The number of carbonyl (C=O) groups is 1. The van der Waals surface area contributed by atoms with E-state index in [1.54, 1.807) is 6.07 Å². The highest BCUT2D eigenvalue weighted by molar-refractivity contribution is 5.69. The largest absolute Gasteiger partial charge is 0.514 e. The summed E-state index contributed by atoms with van der Waals surface area (Å²) in [4.78, 5) is 12.3. The minimum atomic E-state index is -0.804. The molecule has 2 aromatic rings. The summed E-state index contributed by atoms with van der Waals surface area (Å²) in [5.74, 6) is 0.309. The molecule has 4 nitrogen and oxygen atoms in total. The van der Waals surface area contributed by atoms with Gasteiger partial charge in [-0.3, -0.25) is 0 Å². The van der Waals surface area contributed by atoms with Gasteiger partial charge in [-0.05, 0) is 54.4 Å². The minimum absolute atomic E-state index is 0.0410. The van der Waals surface area contributed by atoms with Gasteiger partial charge >= 0.3 is 6.16 Å². The quantitative estimate of drug-likeness (QED) is 0.367. The first kappa shape index (κ1) is 21.8. The van der Waals surface area contributed by atoms with Crippen LogP contribution in [0.15, 0.2) is 48.5 Å². The number of anilines is 1. The van der Waals surface area contributed by atoms with Crippen molar-refractivity contribution < 1.29 is 14.3 Å². The third-order valence-electron chi connectivity index (χ3n) is 4.76. The van der Waals surface area contributed by atoms with Crippen molar-refractivity contribution in [2.45, 2.75) is 65.9 Å². The highest BCUT2D eigenvalue weighted by Crippen LogP contribution is 2.38. The van der Waals surface area contributed by atoms with Gasteiger partial charge in [0.15, 0.2) is 5.75 Å². The fourth-order valence-corrected chi connectivity index (χ4v) is 3.71. The van der Waals surface area contributed by atoms with E-state index in [1.165, 1.54) is 0 Å². The molecule has 0 unspecified atom stereocenters. The topological polar surface area (TPSA) is 61.5 Å². The van der Waals surface area contributed by atoms with E-state index in [0.29, 0.717) is 11.4 Å². The number of nitrogen functional groups attached to an aromatic ring is 1. The van der Waals surface area contributed by atoms with Gasteiger partial charge in [0.2, 0.25) is 0 Å². The number of hydrogen-bond donors (Lipinski definition) is 1. The molecule has 2 aromatic carbocycles. The number of carbonyl (C=O) groups excluding carboxylic acids is 1. The van der Waals surface area contributed by atoms with Crippen LogP contribution in [-0.2, 0) is 15.8 Å². The maximum atomic E-state index is 12.3. The molecule has 0 saturated heterocycles. The van der Waals surface area contributed by atoms with Crippen molar-refractivity contribution in [2.75, 3.05) is 5.73 Å². The lowest BCUT2D eigenvalue weighted by molar-refractivity contribution is 0.00649. The predicted octanol–water partition coefficient (Wildman–Crippen LogP) is 6.43. The summed E-state index contributed by atoms with van der Waals surface area (Å²) in [5, 5.41) is 0. The van der Waals surface area contributed by atoms with Crippen molar-refractivity contribution in [1.82, 2.24) is 0 Å². The first-order valence-corrected chi connectivity index (χ1v) is 9.67. The van der Waals surface area contributed by atoms with Crippen LogP contribution >= 0.6 is 0 Å². The Kier molecular flexibility index (Phi) is 6.12. The molecule has 0 amide bonds. The predicted molar refractivity (Wildman–Crippen MR) is 115 cm³/mol. The number of benzene rings is 2. The molecule has 0 spiro atoms. The molecule has 0 fully saturated rings. The van der Waals surface area contributed by atoms with E-state index in [2.05, 4.69) is 34.6 Å². The summed E-state index contributed by atoms with van der Waals surface area (Å²) in [6.45, 7) is 14.7. The molecule has 0 aliphatic heterocycles. The maximum Gasteiger partial charge on any atom is 0.514 e. The van der Waals surface area contributed by atoms with Crippen molar-refractivity contribution in [3.05, 3.63) is 59.7 Å². The zero-order valence-electron chi connectivity index (χ0n) is 18.1. The Morgan fingerprint density at radius 3 is 2.04 bits per heavy atom. The fourth-order valence-electron chi connectivity index (χ4n) is 3.71. The molecule has 0 atom stereocenters. The van der Waals surface area contributed by atoms with Crippen LogP contribution in [0.5, 0.6) is 5.75 Å². The average molecular weight is 384 g/mol. The van der Waals surface area contributed by atoms with E-state index in [4.69, 9.17) is 15.2 Å². The fraction of sp³-hybridized carbons (Fsp3) is 0.458. The van der Waals surface area contributed by atoms with Gasteiger partial charge in [0.05, 0.1) is 5.69 Å². The van der Waals surface area contributed by atoms with Gasteiger partial charge in [-0.1, -0.05) is 71.0 Å². The molecule has 2 N–H and O–H groups in total. The van der Waals surface area contributed by atoms with E-state index in [1.807, 2.05) is 56.3 Å². The summed E-state index contributed by atoms with van der Waals surface area (Å²) in [6.07, 6.45) is 0.231. The summed E-state index contributed by atoms with van der Waals surface area (Å²) < 4.78 is 10.9. The smallest absolute Gasteiger partial charge is 0.423 e. The number of hydrogen-bond acceptors (Lipinski definition) is 4. The Morgan fingerprint density at radius 2 is 1.50 bits per heavy atom. The molecule has 0 heterocycles. The van der Waals surface area contributed by atoms with Crippen LogP contribution in [0.1, 0.15) is 66.0 Å². The third kappa shape index (κ3) is 5.75. The Morgan fingerprint density at radius 1 is 0.893 bits per heavy atom. The summed E-state index contributed by atoms with van der Waals surface area (Å²) >= 11 is 0. The van der Waals surface area contributed by atoms with Gasteiger partial charge in [-0.15, -0.1) is 0 Å². The van der Waals surface area contributed by atoms with E-state index in [-0.39, 0.29) is 10.8 Å². The van der Waals surface area contributed by atoms with Crippen molar-refractivity contribution in [1.29, 1.82) is 0 Å². The first-order chi connectivity index (χ1) is 12.8. The normalized spacial score (nSPS) is 12.5. The molecule has 0 aliphatic carbocycles. The lowest BCUT2D eigenvalue weighted by Gasteiger charge is -2.33. The van der Waals surface area contributed by atoms with Crippen LogP contribution < -0.4 is 10.5 Å². The molecule has 0 bridgehead atoms. The van der Waals surface area contributed by atoms with Gasteiger partial charge in [0.25, 0.3) is 0 Å². The highest BCUT2D eigenvalue weighted by Gasteiger charge is 2.29. The second-order valence-corrected chi connectivity index (χ2v) is 9.70. The van der Waals surface area contributed by atoms with Crippen molar-refractivity contribution >= 4 is 11.8 Å². The third-order valence-corrected chi connectivity index (χ3v) is 4.76. The zero-order chi connectivity index (χ0) is 21.2. The summed E-state index contributed by atoms with van der Waals surface area (Å²) in [5.41, 5.74) is 7.95. The van der Waals surface area contributed by atoms with Gasteiger partial charge < -0.3 is 15.2 Å². The Bertz CT molecular complexity index is 817. The standard InChI is InChI=1S/C24H33NO3/c1-22(2,3)16-23(4,5)18-13-14-20(19(25)15-18)27-21(26)28-24(6,7)17-11-9-8-10-12-17/h8-15H,16,25H2,1-7H3. The molecule has 4 heteroatoms. The van der Waals surface area contributed by atoms with Crippen LogP contribution in [0, 0.1) is 5.41 Å². The van der Waals surface area contributed by atoms with E-state index in [0.717, 1.165) is 17.5 Å². The molecule has 28 heavy (non-hydrogen) atoms. The lowest BCUT2D eigenvalue weighted by atomic mass is 9.72. The van der Waals surface area contributed by atoms with Gasteiger partial charge in [-0.2, -0.15) is 0 Å². The molecular weight excluding hydrogens is 350 g/mol. The molecule has 0 radical (unpaired) electrons. The number of ether oxygens (including phenoxy) is 2. The molecular formula is C24H33NO3. The van der Waals surface area contributed by atoms with E-state index in [9.17, 15) is 4.79 Å². The summed E-state index contributed by atoms with van der Waals surface area (Å²) in [6, 6.07) is 15.1. The van der Waals surface area contributed by atoms with Crippen LogP contribution in [0.3, 0.4) is 0 Å². The Balaban J connectivity index is 2.12. The monoisotopic (exact) mass is 383 g/mol. The van der Waals surface area contributed by atoms with Crippen molar-refractivity contribution in [3.8, 4) is 5.75 Å². The van der Waals surface area contributed by atoms with E-state index >= 15 is 0 Å². The zero-order valence-corrected chi connectivity index (χ0v) is 18.1. The van der Waals surface area contributed by atoms with Gasteiger partial charge in [0, 0.05) is 0 Å². The van der Waals surface area contributed by atoms with Gasteiger partial charge in [-0.25, -0.2) is 4.79 Å². The van der Waals surface area contributed by atoms with Crippen molar-refractivity contribution in [3.63, 3.8) is 0 Å². The average Bonchev–Trinajstić information content (AvgIpc) is 2.55.